The molecule has 0 spiro atoms. The molecule has 0 saturated heterocycles. The van der Waals surface area contributed by atoms with Crippen LogP contribution < -0.4 is 14.2 Å². The number of methoxy groups -OCH3 is 3. The number of thioether (sulfide) groups is 1. The van der Waals surface area contributed by atoms with Crippen LogP contribution in [-0.4, -0.2) is 41.7 Å². The monoisotopic (exact) mass is 426 g/mol. The SMILES string of the molecule is COc1cccc(-c2noc(CSc3nnc(-c4cc(OC)cc(OC)c4)o3)n2)c1. The van der Waals surface area contributed by atoms with E-state index in [1.54, 1.807) is 39.5 Å². The van der Waals surface area contributed by atoms with Crippen molar-refractivity contribution < 1.29 is 23.2 Å². The molecule has 10 heteroatoms. The van der Waals surface area contributed by atoms with Crippen LogP contribution in [0.25, 0.3) is 22.8 Å². The fourth-order valence-corrected chi connectivity index (χ4v) is 3.23. The van der Waals surface area contributed by atoms with E-state index in [1.807, 2.05) is 24.3 Å². The molecule has 2 aromatic carbocycles. The number of ether oxygens (including phenoxy) is 3. The summed E-state index contributed by atoms with van der Waals surface area (Å²) in [4.78, 5) is 4.40. The second kappa shape index (κ2) is 8.87. The van der Waals surface area contributed by atoms with Crippen molar-refractivity contribution in [3.05, 3.63) is 48.4 Å². The molecule has 0 saturated carbocycles. The van der Waals surface area contributed by atoms with Crippen LogP contribution in [0.15, 0.2) is 56.6 Å². The topological polar surface area (TPSA) is 106 Å². The molecule has 2 aromatic heterocycles. The minimum Gasteiger partial charge on any atom is -0.497 e. The smallest absolute Gasteiger partial charge is 0.277 e. The average molecular weight is 426 g/mol. The third-order valence-corrected chi connectivity index (χ3v) is 4.92. The van der Waals surface area contributed by atoms with E-state index in [9.17, 15) is 0 Å². The Bertz CT molecular complexity index is 1120. The van der Waals surface area contributed by atoms with Gasteiger partial charge in [-0.15, -0.1) is 10.2 Å². The van der Waals surface area contributed by atoms with Crippen LogP contribution in [0.4, 0.5) is 0 Å². The lowest BCUT2D eigenvalue weighted by Gasteiger charge is -2.05. The Morgan fingerprint density at radius 3 is 2.33 bits per heavy atom. The minimum absolute atomic E-state index is 0.359. The highest BCUT2D eigenvalue weighted by molar-refractivity contribution is 7.98. The quantitative estimate of drug-likeness (QED) is 0.382. The van der Waals surface area contributed by atoms with E-state index < -0.39 is 0 Å². The molecule has 0 atom stereocenters. The Morgan fingerprint density at radius 2 is 1.60 bits per heavy atom. The van der Waals surface area contributed by atoms with Gasteiger partial charge >= 0.3 is 0 Å². The zero-order valence-corrected chi connectivity index (χ0v) is 17.3. The van der Waals surface area contributed by atoms with Crippen LogP contribution >= 0.6 is 11.8 Å². The molecule has 0 amide bonds. The number of rotatable bonds is 8. The number of benzene rings is 2. The van der Waals surface area contributed by atoms with Crippen molar-refractivity contribution in [3.8, 4) is 40.1 Å². The highest BCUT2D eigenvalue weighted by Crippen LogP contribution is 2.31. The Labute approximate surface area is 176 Å². The molecule has 4 aromatic rings. The summed E-state index contributed by atoms with van der Waals surface area (Å²) in [6, 6.07) is 12.8. The molecule has 0 radical (unpaired) electrons. The van der Waals surface area contributed by atoms with Gasteiger partial charge in [0.15, 0.2) is 0 Å². The van der Waals surface area contributed by atoms with Gasteiger partial charge in [0.2, 0.25) is 17.6 Å². The first-order valence-electron chi connectivity index (χ1n) is 8.85. The molecule has 0 unspecified atom stereocenters. The molecule has 0 aliphatic carbocycles. The Hall–Kier alpha value is -3.53. The van der Waals surface area contributed by atoms with Gasteiger partial charge in [-0.25, -0.2) is 0 Å². The first-order chi connectivity index (χ1) is 14.7. The summed E-state index contributed by atoms with van der Waals surface area (Å²) in [5.74, 6) is 3.67. The van der Waals surface area contributed by atoms with Gasteiger partial charge in [0.25, 0.3) is 5.22 Å². The van der Waals surface area contributed by atoms with Crippen molar-refractivity contribution >= 4 is 11.8 Å². The zero-order valence-electron chi connectivity index (χ0n) is 16.5. The van der Waals surface area contributed by atoms with Crippen LogP contribution in [-0.2, 0) is 5.75 Å². The fourth-order valence-electron chi connectivity index (χ4n) is 2.63. The van der Waals surface area contributed by atoms with E-state index in [-0.39, 0.29) is 0 Å². The maximum absolute atomic E-state index is 5.74. The second-order valence-electron chi connectivity index (χ2n) is 6.01. The van der Waals surface area contributed by atoms with Crippen molar-refractivity contribution in [2.45, 2.75) is 11.0 Å². The molecule has 30 heavy (non-hydrogen) atoms. The van der Waals surface area contributed by atoms with Gasteiger partial charge in [0, 0.05) is 17.2 Å². The number of aromatic nitrogens is 4. The van der Waals surface area contributed by atoms with E-state index >= 15 is 0 Å². The maximum Gasteiger partial charge on any atom is 0.277 e. The third kappa shape index (κ3) is 4.38. The molecule has 0 N–H and O–H groups in total. The average Bonchev–Trinajstić information content (AvgIpc) is 3.47. The van der Waals surface area contributed by atoms with Gasteiger partial charge in [0.1, 0.15) is 17.2 Å². The van der Waals surface area contributed by atoms with Gasteiger partial charge in [0.05, 0.1) is 27.1 Å². The highest BCUT2D eigenvalue weighted by atomic mass is 32.2. The predicted molar refractivity (Wildman–Crippen MR) is 109 cm³/mol. The van der Waals surface area contributed by atoms with Crippen LogP contribution in [0.3, 0.4) is 0 Å². The summed E-state index contributed by atoms with van der Waals surface area (Å²) in [7, 11) is 4.77. The zero-order chi connectivity index (χ0) is 20.9. The van der Waals surface area contributed by atoms with Crippen LogP contribution in [0.5, 0.6) is 17.2 Å². The number of hydrogen-bond donors (Lipinski definition) is 0. The van der Waals surface area contributed by atoms with E-state index in [0.717, 1.165) is 11.3 Å². The predicted octanol–water partition coefficient (Wildman–Crippen LogP) is 4.10. The largest absolute Gasteiger partial charge is 0.497 e. The number of hydrogen-bond acceptors (Lipinski definition) is 10. The van der Waals surface area contributed by atoms with Crippen LogP contribution in [0.1, 0.15) is 5.89 Å². The van der Waals surface area contributed by atoms with E-state index in [1.165, 1.54) is 11.8 Å². The van der Waals surface area contributed by atoms with Crippen LogP contribution in [0.2, 0.25) is 0 Å². The van der Waals surface area contributed by atoms with Gasteiger partial charge in [-0.05, 0) is 24.3 Å². The van der Waals surface area contributed by atoms with Gasteiger partial charge < -0.3 is 23.2 Å². The molecule has 9 nitrogen and oxygen atoms in total. The lowest BCUT2D eigenvalue weighted by molar-refractivity contribution is 0.390. The summed E-state index contributed by atoms with van der Waals surface area (Å²) in [5, 5.41) is 12.6. The maximum atomic E-state index is 5.74. The standard InChI is InChI=1S/C20H18N4O5S/c1-25-14-6-4-5-12(7-14)18-21-17(29-24-18)11-30-20-23-22-19(28-20)13-8-15(26-2)10-16(9-13)27-3/h4-10H,11H2,1-3H3. The summed E-state index contributed by atoms with van der Waals surface area (Å²) < 4.78 is 26.8. The van der Waals surface area contributed by atoms with E-state index in [0.29, 0.717) is 45.6 Å². The molecule has 2 heterocycles. The normalized spacial score (nSPS) is 10.8. The van der Waals surface area contributed by atoms with Gasteiger partial charge in [-0.3, -0.25) is 0 Å². The summed E-state index contributed by atoms with van der Waals surface area (Å²) in [6.45, 7) is 0. The van der Waals surface area contributed by atoms with E-state index in [4.69, 9.17) is 23.2 Å². The van der Waals surface area contributed by atoms with E-state index in [2.05, 4.69) is 20.3 Å². The lowest BCUT2D eigenvalue weighted by atomic mass is 10.2. The third-order valence-electron chi connectivity index (χ3n) is 4.12. The van der Waals surface area contributed by atoms with Crippen molar-refractivity contribution in [2.75, 3.05) is 21.3 Å². The second-order valence-corrected chi connectivity index (χ2v) is 6.93. The summed E-state index contributed by atoms with van der Waals surface area (Å²) >= 11 is 1.30. The van der Waals surface area contributed by atoms with Crippen molar-refractivity contribution in [1.29, 1.82) is 0 Å². The Balaban J connectivity index is 1.45. The first kappa shape index (κ1) is 19.8. The fraction of sp³-hybridized carbons (Fsp3) is 0.200. The minimum atomic E-state index is 0.359. The first-order valence-corrected chi connectivity index (χ1v) is 9.84. The molecule has 0 aliphatic rings. The number of nitrogens with zero attached hydrogens (tertiary/aromatic N) is 4. The Morgan fingerprint density at radius 1 is 0.867 bits per heavy atom. The molecule has 4 rings (SSSR count). The van der Waals surface area contributed by atoms with Crippen molar-refractivity contribution in [1.82, 2.24) is 20.3 Å². The van der Waals surface area contributed by atoms with Gasteiger partial charge in [-0.1, -0.05) is 29.1 Å². The summed E-state index contributed by atoms with van der Waals surface area (Å²) in [5.41, 5.74) is 1.50. The molecule has 0 bridgehead atoms. The lowest BCUT2D eigenvalue weighted by Crippen LogP contribution is -1.88. The molecular weight excluding hydrogens is 408 g/mol. The van der Waals surface area contributed by atoms with Crippen molar-refractivity contribution in [2.24, 2.45) is 0 Å². The molecule has 0 fully saturated rings. The van der Waals surface area contributed by atoms with Crippen molar-refractivity contribution in [3.63, 3.8) is 0 Å². The molecular formula is C20H18N4O5S. The van der Waals surface area contributed by atoms with Crippen LogP contribution in [0, 0.1) is 0 Å². The van der Waals surface area contributed by atoms with Gasteiger partial charge in [-0.2, -0.15) is 4.98 Å². The Kier molecular flexibility index (Phi) is 5.84. The molecule has 154 valence electrons. The summed E-state index contributed by atoms with van der Waals surface area (Å²) in [6.07, 6.45) is 0. The highest BCUT2D eigenvalue weighted by Gasteiger charge is 2.15. The molecule has 0 aliphatic heterocycles.